The highest BCUT2D eigenvalue weighted by Gasteiger charge is 2.28. The number of methoxy groups -OCH3 is 1. The molecule has 1 aliphatic rings. The van der Waals surface area contributed by atoms with Crippen molar-refractivity contribution in [3.63, 3.8) is 0 Å². The Morgan fingerprint density at radius 3 is 2.96 bits per heavy atom. The molecule has 0 bridgehead atoms. The molecule has 122 valence electrons. The van der Waals surface area contributed by atoms with E-state index in [0.717, 1.165) is 30.9 Å². The number of imidazole rings is 1. The van der Waals surface area contributed by atoms with Gasteiger partial charge in [-0.2, -0.15) is 0 Å². The minimum absolute atomic E-state index is 0.291. The van der Waals surface area contributed by atoms with Crippen LogP contribution >= 0.6 is 0 Å². The molecule has 1 aromatic carbocycles. The fourth-order valence-corrected chi connectivity index (χ4v) is 3.38. The van der Waals surface area contributed by atoms with Gasteiger partial charge >= 0.3 is 0 Å². The Morgan fingerprint density at radius 1 is 1.25 bits per heavy atom. The zero-order valence-corrected chi connectivity index (χ0v) is 13.6. The molecule has 1 N–H and O–H groups in total. The first-order chi connectivity index (χ1) is 11.8. The maximum Gasteiger partial charge on any atom is 0.137 e. The standard InChI is InChI=1S/C19H20N4O/c1-24-16-7-14(8-20-9-16)10-23-11-17(15-5-3-2-4-6-15)19-18(12-23)21-13-22-19/h2-9,13,17H,10-12H2,1H3,(H,21,22). The summed E-state index contributed by atoms with van der Waals surface area (Å²) in [5.74, 6) is 1.09. The normalized spacial score (nSPS) is 17.5. The summed E-state index contributed by atoms with van der Waals surface area (Å²) in [5, 5.41) is 0. The van der Waals surface area contributed by atoms with Gasteiger partial charge < -0.3 is 9.72 Å². The molecule has 3 heterocycles. The quantitative estimate of drug-likeness (QED) is 0.803. The van der Waals surface area contributed by atoms with Crippen LogP contribution in [0.1, 0.15) is 28.4 Å². The summed E-state index contributed by atoms with van der Waals surface area (Å²) >= 11 is 0. The van der Waals surface area contributed by atoms with Crippen molar-refractivity contribution in [1.82, 2.24) is 19.9 Å². The van der Waals surface area contributed by atoms with E-state index in [1.807, 2.05) is 12.3 Å². The molecule has 1 aliphatic heterocycles. The fraction of sp³-hybridized carbons (Fsp3) is 0.263. The second-order valence-electron chi connectivity index (χ2n) is 6.13. The number of hydrogen-bond donors (Lipinski definition) is 1. The van der Waals surface area contributed by atoms with E-state index in [0.29, 0.717) is 5.92 Å². The SMILES string of the molecule is COc1cncc(CN2Cc3[nH]cnc3C(c3ccccc3)C2)c1. The molecule has 1 atom stereocenters. The van der Waals surface area contributed by atoms with Gasteiger partial charge in [0, 0.05) is 31.7 Å². The van der Waals surface area contributed by atoms with Crippen LogP contribution in [0.4, 0.5) is 0 Å². The number of hydrogen-bond acceptors (Lipinski definition) is 4. The van der Waals surface area contributed by atoms with Gasteiger partial charge in [-0.3, -0.25) is 9.88 Å². The summed E-state index contributed by atoms with van der Waals surface area (Å²) in [4.78, 5) is 14.6. The van der Waals surface area contributed by atoms with Gasteiger partial charge in [-0.05, 0) is 17.2 Å². The number of ether oxygens (including phenoxy) is 1. The number of aromatic amines is 1. The van der Waals surface area contributed by atoms with Crippen molar-refractivity contribution in [3.05, 3.63) is 77.6 Å². The largest absolute Gasteiger partial charge is 0.495 e. The van der Waals surface area contributed by atoms with Gasteiger partial charge in [-0.1, -0.05) is 30.3 Å². The summed E-state index contributed by atoms with van der Waals surface area (Å²) in [6.07, 6.45) is 5.44. The molecular formula is C19H20N4O. The molecule has 0 radical (unpaired) electrons. The van der Waals surface area contributed by atoms with Gasteiger partial charge in [0.15, 0.2) is 0 Å². The summed E-state index contributed by atoms with van der Waals surface area (Å²) in [5.41, 5.74) is 4.83. The number of benzene rings is 1. The van der Waals surface area contributed by atoms with Crippen LogP contribution in [0.5, 0.6) is 5.75 Å². The van der Waals surface area contributed by atoms with Crippen LogP contribution in [0.3, 0.4) is 0 Å². The molecule has 24 heavy (non-hydrogen) atoms. The maximum absolute atomic E-state index is 5.28. The number of fused-ring (bicyclic) bond motifs is 1. The lowest BCUT2D eigenvalue weighted by Gasteiger charge is -2.32. The first-order valence-corrected chi connectivity index (χ1v) is 8.11. The third-order valence-corrected chi connectivity index (χ3v) is 4.52. The van der Waals surface area contributed by atoms with E-state index in [1.165, 1.54) is 17.0 Å². The monoisotopic (exact) mass is 320 g/mol. The molecule has 3 aromatic rings. The first kappa shape index (κ1) is 14.9. The van der Waals surface area contributed by atoms with Crippen molar-refractivity contribution in [2.45, 2.75) is 19.0 Å². The second kappa shape index (κ2) is 6.45. The second-order valence-corrected chi connectivity index (χ2v) is 6.13. The smallest absolute Gasteiger partial charge is 0.137 e. The van der Waals surface area contributed by atoms with E-state index in [2.05, 4.69) is 50.2 Å². The van der Waals surface area contributed by atoms with Gasteiger partial charge in [0.05, 0.1) is 31.0 Å². The number of aromatic nitrogens is 3. The maximum atomic E-state index is 5.28. The van der Waals surface area contributed by atoms with Gasteiger partial charge in [0.25, 0.3) is 0 Å². The highest BCUT2D eigenvalue weighted by atomic mass is 16.5. The highest BCUT2D eigenvalue weighted by Crippen LogP contribution is 2.32. The van der Waals surface area contributed by atoms with Crippen molar-refractivity contribution in [2.75, 3.05) is 13.7 Å². The average Bonchev–Trinajstić information content (AvgIpc) is 3.10. The van der Waals surface area contributed by atoms with Crippen molar-refractivity contribution in [3.8, 4) is 5.75 Å². The van der Waals surface area contributed by atoms with E-state index in [-0.39, 0.29) is 0 Å². The van der Waals surface area contributed by atoms with Crippen molar-refractivity contribution in [1.29, 1.82) is 0 Å². The number of nitrogens with zero attached hydrogens (tertiary/aromatic N) is 3. The summed E-state index contributed by atoms with van der Waals surface area (Å²) in [6, 6.07) is 12.6. The Morgan fingerprint density at radius 2 is 2.12 bits per heavy atom. The van der Waals surface area contributed by atoms with Crippen molar-refractivity contribution < 1.29 is 4.74 Å². The Kier molecular flexibility index (Phi) is 4.01. The number of pyridine rings is 1. The van der Waals surface area contributed by atoms with Gasteiger partial charge in [-0.15, -0.1) is 0 Å². The topological polar surface area (TPSA) is 54.0 Å². The minimum atomic E-state index is 0.291. The number of nitrogens with one attached hydrogen (secondary N) is 1. The lowest BCUT2D eigenvalue weighted by molar-refractivity contribution is 0.227. The zero-order chi connectivity index (χ0) is 16.4. The van der Waals surface area contributed by atoms with Crippen LogP contribution in [0.15, 0.2) is 55.1 Å². The Hall–Kier alpha value is -2.66. The third kappa shape index (κ3) is 2.90. The number of H-pyrrole nitrogens is 1. The van der Waals surface area contributed by atoms with E-state index in [9.17, 15) is 0 Å². The predicted octanol–water partition coefficient (Wildman–Crippen LogP) is 2.96. The lowest BCUT2D eigenvalue weighted by Crippen LogP contribution is -2.33. The van der Waals surface area contributed by atoms with Crippen LogP contribution in [0.25, 0.3) is 0 Å². The number of rotatable bonds is 4. The van der Waals surface area contributed by atoms with Gasteiger partial charge in [0.1, 0.15) is 5.75 Å². The van der Waals surface area contributed by atoms with Crippen molar-refractivity contribution >= 4 is 0 Å². The molecule has 2 aromatic heterocycles. The Bertz CT molecular complexity index is 815. The molecule has 0 fully saturated rings. The van der Waals surface area contributed by atoms with E-state index >= 15 is 0 Å². The molecule has 0 amide bonds. The minimum Gasteiger partial charge on any atom is -0.495 e. The molecule has 1 unspecified atom stereocenters. The van der Waals surface area contributed by atoms with E-state index in [1.54, 1.807) is 19.6 Å². The first-order valence-electron chi connectivity index (χ1n) is 8.11. The van der Waals surface area contributed by atoms with Crippen LogP contribution in [-0.2, 0) is 13.1 Å². The molecule has 0 saturated carbocycles. The zero-order valence-electron chi connectivity index (χ0n) is 13.6. The van der Waals surface area contributed by atoms with Crippen LogP contribution < -0.4 is 4.74 Å². The summed E-state index contributed by atoms with van der Waals surface area (Å²) < 4.78 is 5.28. The third-order valence-electron chi connectivity index (χ3n) is 4.52. The average molecular weight is 320 g/mol. The Balaban J connectivity index is 1.60. The molecule has 0 spiro atoms. The molecule has 4 rings (SSSR count). The van der Waals surface area contributed by atoms with E-state index < -0.39 is 0 Å². The summed E-state index contributed by atoms with van der Waals surface area (Å²) in [6.45, 7) is 2.65. The molecule has 0 saturated heterocycles. The van der Waals surface area contributed by atoms with E-state index in [4.69, 9.17) is 4.74 Å². The predicted molar refractivity (Wildman–Crippen MR) is 91.8 cm³/mol. The Labute approximate surface area is 141 Å². The summed E-state index contributed by atoms with van der Waals surface area (Å²) in [7, 11) is 1.67. The highest BCUT2D eigenvalue weighted by molar-refractivity contribution is 5.33. The van der Waals surface area contributed by atoms with Crippen LogP contribution in [0.2, 0.25) is 0 Å². The molecule has 5 heteroatoms. The van der Waals surface area contributed by atoms with Gasteiger partial charge in [0.2, 0.25) is 0 Å². The van der Waals surface area contributed by atoms with Crippen LogP contribution in [-0.4, -0.2) is 33.5 Å². The fourth-order valence-electron chi connectivity index (χ4n) is 3.38. The molecule has 5 nitrogen and oxygen atoms in total. The lowest BCUT2D eigenvalue weighted by atomic mass is 9.91. The molecular weight excluding hydrogens is 300 g/mol. The van der Waals surface area contributed by atoms with Gasteiger partial charge in [-0.25, -0.2) is 4.98 Å². The van der Waals surface area contributed by atoms with Crippen LogP contribution in [0, 0.1) is 0 Å². The van der Waals surface area contributed by atoms with Crippen molar-refractivity contribution in [2.24, 2.45) is 0 Å². The molecule has 0 aliphatic carbocycles.